The molecule has 6 nitrogen and oxygen atoms in total. The molecule has 0 spiro atoms. The first-order valence-corrected chi connectivity index (χ1v) is 4.96. The molecule has 1 rings (SSSR count). The van der Waals surface area contributed by atoms with Crippen molar-refractivity contribution < 1.29 is 24.1 Å². The molecule has 0 fully saturated rings. The van der Waals surface area contributed by atoms with E-state index >= 15 is 0 Å². The number of hydrogen-bond acceptors (Lipinski definition) is 6. The standard InChI is InChI=1S/C11H13NO5/c1-3-15-11(14)17-16-10(13)9-5-4-8(12)6-7(9)2/h4-6H,3,12H2,1-2H3. The van der Waals surface area contributed by atoms with E-state index in [-0.39, 0.29) is 12.2 Å². The van der Waals surface area contributed by atoms with Gasteiger partial charge in [-0.25, -0.2) is 14.6 Å². The van der Waals surface area contributed by atoms with Crippen LogP contribution in [0, 0.1) is 6.92 Å². The number of rotatable bonds is 2. The molecule has 6 heteroatoms. The molecule has 2 N–H and O–H groups in total. The van der Waals surface area contributed by atoms with E-state index in [1.165, 1.54) is 6.07 Å². The second kappa shape index (κ2) is 5.74. The second-order valence-electron chi connectivity index (χ2n) is 3.21. The van der Waals surface area contributed by atoms with Gasteiger partial charge in [0.2, 0.25) is 0 Å². The number of benzene rings is 1. The smallest absolute Gasteiger partial charge is 0.432 e. The van der Waals surface area contributed by atoms with Crippen LogP contribution in [-0.2, 0) is 14.5 Å². The number of carbonyl (C=O) groups is 2. The SMILES string of the molecule is CCOC(=O)OOC(=O)c1ccc(N)cc1C. The lowest BCUT2D eigenvalue weighted by molar-refractivity contribution is -0.202. The number of ether oxygens (including phenoxy) is 1. The van der Waals surface area contributed by atoms with Crippen LogP contribution in [0.4, 0.5) is 10.5 Å². The van der Waals surface area contributed by atoms with Gasteiger partial charge in [0.05, 0.1) is 12.2 Å². The lowest BCUT2D eigenvalue weighted by Crippen LogP contribution is -2.13. The fraction of sp³-hybridized carbons (Fsp3) is 0.273. The van der Waals surface area contributed by atoms with Crippen molar-refractivity contribution in [2.45, 2.75) is 13.8 Å². The highest BCUT2D eigenvalue weighted by atomic mass is 17.2. The van der Waals surface area contributed by atoms with Gasteiger partial charge in [-0.05, 0) is 37.6 Å². The van der Waals surface area contributed by atoms with Gasteiger partial charge >= 0.3 is 12.1 Å². The van der Waals surface area contributed by atoms with E-state index in [1.807, 2.05) is 0 Å². The van der Waals surface area contributed by atoms with Gasteiger partial charge in [-0.15, -0.1) is 0 Å². The molecule has 1 aromatic carbocycles. The highest BCUT2D eigenvalue weighted by molar-refractivity contribution is 5.91. The van der Waals surface area contributed by atoms with Crippen LogP contribution >= 0.6 is 0 Å². The molecule has 0 bridgehead atoms. The molecule has 17 heavy (non-hydrogen) atoms. The van der Waals surface area contributed by atoms with E-state index in [0.717, 1.165) is 0 Å². The van der Waals surface area contributed by atoms with Crippen LogP contribution in [-0.4, -0.2) is 18.7 Å². The summed E-state index contributed by atoms with van der Waals surface area (Å²) in [6, 6.07) is 4.65. The van der Waals surface area contributed by atoms with Crippen molar-refractivity contribution in [3.8, 4) is 0 Å². The highest BCUT2D eigenvalue weighted by Crippen LogP contribution is 2.13. The molecule has 0 amide bonds. The molecule has 0 saturated carbocycles. The van der Waals surface area contributed by atoms with Gasteiger partial charge < -0.3 is 10.5 Å². The summed E-state index contributed by atoms with van der Waals surface area (Å²) in [6.45, 7) is 3.43. The topological polar surface area (TPSA) is 87.9 Å². The van der Waals surface area contributed by atoms with Crippen LogP contribution in [0.1, 0.15) is 22.8 Å². The summed E-state index contributed by atoms with van der Waals surface area (Å²) in [7, 11) is 0. The lowest BCUT2D eigenvalue weighted by atomic mass is 10.1. The first kappa shape index (κ1) is 12.8. The van der Waals surface area contributed by atoms with E-state index in [9.17, 15) is 9.59 Å². The lowest BCUT2D eigenvalue weighted by Gasteiger charge is -2.05. The van der Waals surface area contributed by atoms with Crippen LogP contribution < -0.4 is 5.73 Å². The molecular formula is C11H13NO5. The van der Waals surface area contributed by atoms with Gasteiger partial charge in [0, 0.05) is 5.69 Å². The maximum absolute atomic E-state index is 11.5. The number of anilines is 1. The fourth-order valence-electron chi connectivity index (χ4n) is 1.17. The maximum Gasteiger partial charge on any atom is 0.549 e. The van der Waals surface area contributed by atoms with Crippen molar-refractivity contribution in [1.82, 2.24) is 0 Å². The molecule has 0 aliphatic rings. The Bertz CT molecular complexity index is 430. The van der Waals surface area contributed by atoms with Crippen LogP contribution in [0.2, 0.25) is 0 Å². The first-order chi connectivity index (χ1) is 8.04. The Morgan fingerprint density at radius 2 is 2.00 bits per heavy atom. The molecule has 0 aliphatic carbocycles. The van der Waals surface area contributed by atoms with Crippen molar-refractivity contribution in [3.05, 3.63) is 29.3 Å². The van der Waals surface area contributed by atoms with Gasteiger partial charge in [0.1, 0.15) is 0 Å². The summed E-state index contributed by atoms with van der Waals surface area (Å²) in [5, 5.41) is 0. The first-order valence-electron chi connectivity index (χ1n) is 4.96. The average Bonchev–Trinajstić information content (AvgIpc) is 2.26. The predicted molar refractivity (Wildman–Crippen MR) is 59.1 cm³/mol. The predicted octanol–water partition coefficient (Wildman–Crippen LogP) is 1.82. The summed E-state index contributed by atoms with van der Waals surface area (Å²) >= 11 is 0. The van der Waals surface area contributed by atoms with Crippen LogP contribution in [0.25, 0.3) is 0 Å². The minimum absolute atomic E-state index is 0.136. The van der Waals surface area contributed by atoms with Gasteiger partial charge in [-0.2, -0.15) is 4.79 Å². The Hall–Kier alpha value is -2.24. The van der Waals surface area contributed by atoms with Crippen molar-refractivity contribution >= 4 is 17.8 Å². The third-order valence-electron chi connectivity index (χ3n) is 1.92. The van der Waals surface area contributed by atoms with Crippen molar-refractivity contribution in [3.63, 3.8) is 0 Å². The Morgan fingerprint density at radius 3 is 2.59 bits per heavy atom. The third kappa shape index (κ3) is 3.67. The largest absolute Gasteiger partial charge is 0.549 e. The van der Waals surface area contributed by atoms with Crippen molar-refractivity contribution in [2.24, 2.45) is 0 Å². The van der Waals surface area contributed by atoms with Crippen LogP contribution in [0.3, 0.4) is 0 Å². The number of nitrogens with two attached hydrogens (primary N) is 1. The summed E-state index contributed by atoms with van der Waals surface area (Å²) in [5.41, 5.74) is 6.96. The molecular weight excluding hydrogens is 226 g/mol. The van der Waals surface area contributed by atoms with Gasteiger partial charge in [0.25, 0.3) is 0 Å². The summed E-state index contributed by atoms with van der Waals surface area (Å²) < 4.78 is 4.42. The van der Waals surface area contributed by atoms with E-state index < -0.39 is 12.1 Å². The number of aryl methyl sites for hydroxylation is 1. The van der Waals surface area contributed by atoms with Crippen molar-refractivity contribution in [2.75, 3.05) is 12.3 Å². The molecule has 0 atom stereocenters. The van der Waals surface area contributed by atoms with Gasteiger partial charge in [-0.1, -0.05) is 0 Å². The quantitative estimate of drug-likeness (QED) is 0.366. The third-order valence-corrected chi connectivity index (χ3v) is 1.92. The molecule has 1 aromatic rings. The molecule has 0 saturated heterocycles. The average molecular weight is 239 g/mol. The molecule has 0 radical (unpaired) electrons. The maximum atomic E-state index is 11.5. The summed E-state index contributed by atoms with van der Waals surface area (Å²) in [5.74, 6) is -0.782. The van der Waals surface area contributed by atoms with Gasteiger partial charge in [0.15, 0.2) is 0 Å². The second-order valence-corrected chi connectivity index (χ2v) is 3.21. The number of hydrogen-bond donors (Lipinski definition) is 1. The molecule has 0 unspecified atom stereocenters. The molecule has 92 valence electrons. The van der Waals surface area contributed by atoms with E-state index in [4.69, 9.17) is 5.73 Å². The van der Waals surface area contributed by atoms with Gasteiger partial charge in [-0.3, -0.25) is 0 Å². The molecule has 0 heterocycles. The normalized spacial score (nSPS) is 9.53. The minimum Gasteiger partial charge on any atom is -0.432 e. The molecule has 0 aliphatic heterocycles. The Balaban J connectivity index is 2.61. The zero-order valence-corrected chi connectivity index (χ0v) is 9.56. The Kier molecular flexibility index (Phi) is 4.33. The number of nitrogen functional groups attached to an aromatic ring is 1. The molecule has 0 aromatic heterocycles. The van der Waals surface area contributed by atoms with Crippen molar-refractivity contribution in [1.29, 1.82) is 0 Å². The van der Waals surface area contributed by atoms with Crippen LogP contribution in [0.15, 0.2) is 18.2 Å². The minimum atomic E-state index is -1.06. The zero-order chi connectivity index (χ0) is 12.8. The van der Waals surface area contributed by atoms with E-state index in [1.54, 1.807) is 26.0 Å². The Morgan fingerprint density at radius 1 is 1.29 bits per heavy atom. The summed E-state index contributed by atoms with van der Waals surface area (Å²) in [4.78, 5) is 30.7. The van der Waals surface area contributed by atoms with E-state index in [0.29, 0.717) is 11.3 Å². The van der Waals surface area contributed by atoms with E-state index in [2.05, 4.69) is 14.5 Å². The Labute approximate surface area is 98.2 Å². The highest BCUT2D eigenvalue weighted by Gasteiger charge is 2.14. The number of carbonyl (C=O) groups excluding carboxylic acids is 2. The monoisotopic (exact) mass is 239 g/mol. The van der Waals surface area contributed by atoms with Crippen LogP contribution in [0.5, 0.6) is 0 Å². The zero-order valence-electron chi connectivity index (χ0n) is 9.56. The fourth-order valence-corrected chi connectivity index (χ4v) is 1.17. The summed E-state index contributed by atoms with van der Waals surface area (Å²) in [6.07, 6.45) is -1.06.